The zero-order valence-corrected chi connectivity index (χ0v) is 56.9. The van der Waals surface area contributed by atoms with E-state index in [4.69, 9.17) is 4.74 Å². The molecule has 0 bridgehead atoms. The van der Waals surface area contributed by atoms with E-state index in [-0.39, 0.29) is 18.5 Å². The van der Waals surface area contributed by atoms with Gasteiger partial charge in [0.1, 0.15) is 0 Å². The third-order valence-electron chi connectivity index (χ3n) is 17.9. The number of esters is 1. The highest BCUT2D eigenvalue weighted by Crippen LogP contribution is 2.19. The van der Waals surface area contributed by atoms with E-state index in [1.54, 1.807) is 0 Å². The van der Waals surface area contributed by atoms with Crippen LogP contribution in [-0.4, -0.2) is 47.4 Å². The standard InChI is InChI=1S/C78H149NO5/c1-3-5-7-9-11-13-15-16-17-41-44-47-51-54-58-62-66-70-76(81)75(74-80)79-77(82)71-67-63-59-55-52-48-45-42-39-37-35-33-31-29-27-25-23-21-19-18-20-22-24-26-28-30-32-34-36-38-40-43-46-49-53-57-61-65-69-73-84-78(83)72-68-64-60-56-50-14-12-10-8-6-4-2/h10,12,18-19,22,24,75-76,80-81H,3-9,11,13-17,20-21,23,25-74H2,1-2H3,(H,79,82)/b12-10-,19-18-,24-22-. The van der Waals surface area contributed by atoms with Crippen molar-refractivity contribution in [2.24, 2.45) is 0 Å². The molecule has 0 aromatic rings. The van der Waals surface area contributed by atoms with Crippen LogP contribution in [0.15, 0.2) is 36.5 Å². The lowest BCUT2D eigenvalue weighted by atomic mass is 10.0. The Hall–Kier alpha value is -1.92. The summed E-state index contributed by atoms with van der Waals surface area (Å²) in [5.41, 5.74) is 0. The van der Waals surface area contributed by atoms with Crippen LogP contribution in [0.3, 0.4) is 0 Å². The largest absolute Gasteiger partial charge is 0.466 e. The lowest BCUT2D eigenvalue weighted by Gasteiger charge is -2.22. The van der Waals surface area contributed by atoms with E-state index in [1.165, 1.54) is 340 Å². The molecule has 1 amide bonds. The maximum atomic E-state index is 12.5. The molecule has 0 spiro atoms. The normalized spacial score (nSPS) is 12.7. The average molecular weight is 1180 g/mol. The van der Waals surface area contributed by atoms with Gasteiger partial charge < -0.3 is 20.3 Å². The van der Waals surface area contributed by atoms with Gasteiger partial charge in [0, 0.05) is 12.8 Å². The summed E-state index contributed by atoms with van der Waals surface area (Å²) >= 11 is 0. The molecule has 496 valence electrons. The van der Waals surface area contributed by atoms with Crippen LogP contribution in [0, 0.1) is 0 Å². The van der Waals surface area contributed by atoms with Crippen molar-refractivity contribution in [3.63, 3.8) is 0 Å². The number of amides is 1. The van der Waals surface area contributed by atoms with Gasteiger partial charge in [0.25, 0.3) is 0 Å². The fourth-order valence-electron chi connectivity index (χ4n) is 12.1. The molecule has 3 N–H and O–H groups in total. The molecule has 84 heavy (non-hydrogen) atoms. The maximum absolute atomic E-state index is 12.5. The Labute approximate surface area is 525 Å². The Kier molecular flexibility index (Phi) is 71.9. The van der Waals surface area contributed by atoms with Gasteiger partial charge in [-0.3, -0.25) is 9.59 Å². The molecule has 0 aliphatic carbocycles. The van der Waals surface area contributed by atoms with Crippen LogP contribution < -0.4 is 5.32 Å². The van der Waals surface area contributed by atoms with Crippen LogP contribution in [0.4, 0.5) is 0 Å². The number of aliphatic hydroxyl groups is 2. The fraction of sp³-hybridized carbons (Fsp3) is 0.897. The lowest BCUT2D eigenvalue weighted by molar-refractivity contribution is -0.143. The Balaban J connectivity index is 3.35. The third kappa shape index (κ3) is 69.2. The highest BCUT2D eigenvalue weighted by molar-refractivity contribution is 5.76. The van der Waals surface area contributed by atoms with Crippen LogP contribution in [0.2, 0.25) is 0 Å². The second-order valence-electron chi connectivity index (χ2n) is 26.3. The van der Waals surface area contributed by atoms with Crippen LogP contribution >= 0.6 is 0 Å². The van der Waals surface area contributed by atoms with Gasteiger partial charge in [0.15, 0.2) is 0 Å². The number of carbonyl (C=O) groups excluding carboxylic acids is 2. The average Bonchev–Trinajstić information content (AvgIpc) is 3.51. The molecule has 6 nitrogen and oxygen atoms in total. The summed E-state index contributed by atoms with van der Waals surface area (Å²) in [6, 6.07) is -0.539. The molecule has 0 aromatic carbocycles. The van der Waals surface area contributed by atoms with Crippen molar-refractivity contribution in [1.82, 2.24) is 5.32 Å². The highest BCUT2D eigenvalue weighted by atomic mass is 16.5. The van der Waals surface area contributed by atoms with Crippen molar-refractivity contribution < 1.29 is 24.5 Å². The molecule has 0 aromatic heterocycles. The molecule has 2 unspecified atom stereocenters. The number of carbonyl (C=O) groups is 2. The van der Waals surface area contributed by atoms with Crippen molar-refractivity contribution in [3.8, 4) is 0 Å². The number of unbranched alkanes of at least 4 members (excludes halogenated alkanes) is 55. The minimum atomic E-state index is -0.662. The lowest BCUT2D eigenvalue weighted by Crippen LogP contribution is -2.45. The smallest absolute Gasteiger partial charge is 0.305 e. The first-order valence-electron chi connectivity index (χ1n) is 38.2. The molecule has 0 saturated heterocycles. The second-order valence-corrected chi connectivity index (χ2v) is 26.3. The first kappa shape index (κ1) is 82.1. The van der Waals surface area contributed by atoms with Gasteiger partial charge in [-0.15, -0.1) is 0 Å². The predicted molar refractivity (Wildman–Crippen MR) is 370 cm³/mol. The van der Waals surface area contributed by atoms with E-state index in [0.29, 0.717) is 25.9 Å². The van der Waals surface area contributed by atoms with E-state index in [0.717, 1.165) is 51.4 Å². The number of aliphatic hydroxyl groups excluding tert-OH is 2. The second kappa shape index (κ2) is 73.5. The minimum Gasteiger partial charge on any atom is -0.466 e. The summed E-state index contributed by atoms with van der Waals surface area (Å²) in [5.74, 6) is -0.0186. The fourth-order valence-corrected chi connectivity index (χ4v) is 12.1. The third-order valence-corrected chi connectivity index (χ3v) is 17.9. The van der Waals surface area contributed by atoms with Gasteiger partial charge in [-0.25, -0.2) is 0 Å². The first-order chi connectivity index (χ1) is 41.5. The molecule has 0 fully saturated rings. The van der Waals surface area contributed by atoms with Gasteiger partial charge in [-0.05, 0) is 77.0 Å². The monoisotopic (exact) mass is 1180 g/mol. The number of nitrogens with one attached hydrogen (secondary N) is 1. The van der Waals surface area contributed by atoms with Gasteiger partial charge in [-0.2, -0.15) is 0 Å². The van der Waals surface area contributed by atoms with Gasteiger partial charge in [0.2, 0.25) is 5.91 Å². The Morgan fingerprint density at radius 3 is 0.952 bits per heavy atom. The summed E-state index contributed by atoms with van der Waals surface area (Å²) in [6.07, 6.45) is 95.2. The number of ether oxygens (including phenoxy) is 1. The summed E-state index contributed by atoms with van der Waals surface area (Å²) in [5, 5.41) is 23.4. The van der Waals surface area contributed by atoms with E-state index in [2.05, 4.69) is 55.6 Å². The van der Waals surface area contributed by atoms with Gasteiger partial charge >= 0.3 is 5.97 Å². The minimum absolute atomic E-state index is 0.00953. The van der Waals surface area contributed by atoms with Crippen molar-refractivity contribution in [3.05, 3.63) is 36.5 Å². The molecule has 0 aliphatic heterocycles. The molecule has 2 atom stereocenters. The molecule has 0 heterocycles. The summed E-state index contributed by atoms with van der Waals surface area (Å²) in [4.78, 5) is 24.5. The molecular formula is C78H149NO5. The number of rotatable bonds is 72. The summed E-state index contributed by atoms with van der Waals surface area (Å²) in [7, 11) is 0. The number of hydrogen-bond acceptors (Lipinski definition) is 5. The summed E-state index contributed by atoms with van der Waals surface area (Å²) < 4.78 is 5.47. The molecule has 6 heteroatoms. The van der Waals surface area contributed by atoms with Crippen LogP contribution in [-0.2, 0) is 14.3 Å². The SMILES string of the molecule is CCCC/C=C\CCCCCCCC(=O)OCCCCCCCCCCCCCCCCC/C=C\C/C=C\CCCCCCCCCCCCCCCCCCCC(=O)NC(CO)C(O)CCCCCCCCCCCCCCCCCCC. The Bertz CT molecular complexity index is 1360. The topological polar surface area (TPSA) is 95.9 Å². The van der Waals surface area contributed by atoms with E-state index in [9.17, 15) is 19.8 Å². The van der Waals surface area contributed by atoms with Crippen molar-refractivity contribution >= 4 is 11.9 Å². The molecule has 0 saturated carbocycles. The maximum Gasteiger partial charge on any atom is 0.305 e. The van der Waals surface area contributed by atoms with Gasteiger partial charge in [-0.1, -0.05) is 371 Å². The Morgan fingerprint density at radius 1 is 0.333 bits per heavy atom. The van der Waals surface area contributed by atoms with E-state index < -0.39 is 12.1 Å². The van der Waals surface area contributed by atoms with Crippen molar-refractivity contribution in [2.75, 3.05) is 13.2 Å². The van der Waals surface area contributed by atoms with Crippen LogP contribution in [0.1, 0.15) is 425 Å². The van der Waals surface area contributed by atoms with E-state index in [1.807, 2.05) is 0 Å². The zero-order chi connectivity index (χ0) is 60.6. The molecule has 0 radical (unpaired) electrons. The Morgan fingerprint density at radius 2 is 0.607 bits per heavy atom. The first-order valence-corrected chi connectivity index (χ1v) is 38.2. The van der Waals surface area contributed by atoms with Gasteiger partial charge in [0.05, 0.1) is 25.4 Å². The van der Waals surface area contributed by atoms with Crippen molar-refractivity contribution in [1.29, 1.82) is 0 Å². The zero-order valence-electron chi connectivity index (χ0n) is 56.9. The molecule has 0 rings (SSSR count). The predicted octanol–water partition coefficient (Wildman–Crippen LogP) is 25.0. The summed E-state index contributed by atoms with van der Waals surface area (Å²) in [6.45, 7) is 4.95. The van der Waals surface area contributed by atoms with Crippen LogP contribution in [0.25, 0.3) is 0 Å². The van der Waals surface area contributed by atoms with Crippen LogP contribution in [0.5, 0.6) is 0 Å². The quantitative estimate of drug-likeness (QED) is 0.0320. The number of hydrogen-bond donors (Lipinski definition) is 3. The van der Waals surface area contributed by atoms with Crippen molar-refractivity contribution in [2.45, 2.75) is 437 Å². The number of allylic oxidation sites excluding steroid dienone is 6. The molecule has 0 aliphatic rings. The van der Waals surface area contributed by atoms with E-state index >= 15 is 0 Å². The highest BCUT2D eigenvalue weighted by Gasteiger charge is 2.20. The molecular weight excluding hydrogens is 1030 g/mol.